The maximum atomic E-state index is 10.6. The van der Waals surface area contributed by atoms with Crippen LogP contribution in [0.4, 0.5) is 19.0 Å². The van der Waals surface area contributed by atoms with Gasteiger partial charge < -0.3 is 25.1 Å². The van der Waals surface area contributed by atoms with E-state index in [1.165, 1.54) is 0 Å². The van der Waals surface area contributed by atoms with Crippen LogP contribution >= 0.6 is 35.0 Å². The molecule has 2 saturated heterocycles. The molecule has 3 heterocycles. The normalized spacial score (nSPS) is 19.2. The van der Waals surface area contributed by atoms with Crippen molar-refractivity contribution < 1.29 is 37.3 Å². The van der Waals surface area contributed by atoms with Crippen LogP contribution < -0.4 is 15.2 Å². The number of thioether (sulfide) groups is 1. The van der Waals surface area contributed by atoms with Crippen molar-refractivity contribution in [2.24, 2.45) is 0 Å². The highest BCUT2D eigenvalue weighted by Crippen LogP contribution is 2.36. The topological polar surface area (TPSA) is 120 Å². The number of aliphatic carboxylic acids is 1. The molecule has 0 aliphatic carbocycles. The molecule has 1 aromatic heterocycles. The smallest absolute Gasteiger partial charge is 0.490 e. The number of rotatable bonds is 5. The first-order chi connectivity index (χ1) is 18.5. The second kappa shape index (κ2) is 12.2. The van der Waals surface area contributed by atoms with Gasteiger partial charge in [-0.15, -0.1) is 11.8 Å². The number of morpholine rings is 1. The minimum atomic E-state index is -5.08. The number of carboxylic acids is 1. The third kappa shape index (κ3) is 7.09. The molecule has 2 atom stereocenters. The summed E-state index contributed by atoms with van der Waals surface area (Å²) in [5, 5.41) is 8.70. The number of carbonyl (C=O) groups is 1. The number of nitrogens with zero attached hydrogens (tertiary/aromatic N) is 3. The third-order valence-corrected chi connectivity index (χ3v) is 7.78. The van der Waals surface area contributed by atoms with Gasteiger partial charge >= 0.3 is 12.1 Å². The average molecular weight is 607 g/mol. The van der Waals surface area contributed by atoms with Gasteiger partial charge in [-0.3, -0.25) is 4.90 Å². The highest BCUT2D eigenvalue weighted by atomic mass is 35.5. The van der Waals surface area contributed by atoms with E-state index in [9.17, 15) is 13.2 Å². The first-order valence-electron chi connectivity index (χ1n) is 11.4. The SMILES string of the molecule is COc1cc2c(N)nc(-c3ccc(Cl)c(Cl)c3)nc2cc1OCC1CN2CSC[C@H]2CO1.O=C(O)C(F)(F)F. The second-order valence-electron chi connectivity index (χ2n) is 8.58. The molecule has 2 aliphatic heterocycles. The Morgan fingerprint density at radius 3 is 2.64 bits per heavy atom. The van der Waals surface area contributed by atoms with Crippen molar-refractivity contribution in [3.05, 3.63) is 40.4 Å². The van der Waals surface area contributed by atoms with Crippen LogP contribution in [0.15, 0.2) is 30.3 Å². The number of benzene rings is 2. The van der Waals surface area contributed by atoms with Gasteiger partial charge in [0, 0.05) is 41.2 Å². The van der Waals surface area contributed by atoms with Crippen molar-refractivity contribution in [1.82, 2.24) is 14.9 Å². The van der Waals surface area contributed by atoms with Gasteiger partial charge in [0.2, 0.25) is 0 Å². The molecule has 3 N–H and O–H groups in total. The van der Waals surface area contributed by atoms with Gasteiger partial charge in [0.15, 0.2) is 17.3 Å². The lowest BCUT2D eigenvalue weighted by atomic mass is 10.1. The third-order valence-electron chi connectivity index (χ3n) is 5.90. The molecule has 2 aliphatic rings. The maximum absolute atomic E-state index is 10.6. The molecule has 5 rings (SSSR count). The number of carboxylic acid groups (broad SMARTS) is 1. The van der Waals surface area contributed by atoms with Crippen molar-refractivity contribution in [1.29, 1.82) is 0 Å². The van der Waals surface area contributed by atoms with E-state index >= 15 is 0 Å². The molecule has 2 aromatic carbocycles. The van der Waals surface area contributed by atoms with Crippen LogP contribution in [0.5, 0.6) is 11.5 Å². The quantitative estimate of drug-likeness (QED) is 0.411. The molecule has 0 saturated carbocycles. The summed E-state index contributed by atoms with van der Waals surface area (Å²) in [5.74, 6) is 1.38. The summed E-state index contributed by atoms with van der Waals surface area (Å²) >= 11 is 14.1. The Kier molecular flexibility index (Phi) is 9.17. The molecule has 2 fully saturated rings. The molecule has 0 bridgehead atoms. The van der Waals surface area contributed by atoms with E-state index in [0.717, 1.165) is 30.3 Å². The molecular weight excluding hydrogens is 584 g/mol. The zero-order chi connectivity index (χ0) is 28.3. The Morgan fingerprint density at radius 2 is 1.97 bits per heavy atom. The average Bonchev–Trinajstić information content (AvgIpc) is 3.36. The van der Waals surface area contributed by atoms with Crippen LogP contribution in [0.25, 0.3) is 22.3 Å². The first-order valence-corrected chi connectivity index (χ1v) is 13.3. The number of fused-ring (bicyclic) bond motifs is 2. The van der Waals surface area contributed by atoms with Crippen molar-refractivity contribution in [2.45, 2.75) is 18.3 Å². The van der Waals surface area contributed by atoms with Gasteiger partial charge in [-0.2, -0.15) is 13.2 Å². The van der Waals surface area contributed by atoms with Crippen molar-refractivity contribution in [3.63, 3.8) is 0 Å². The summed E-state index contributed by atoms with van der Waals surface area (Å²) in [6.07, 6.45) is -5.08. The van der Waals surface area contributed by atoms with Gasteiger partial charge in [0.1, 0.15) is 18.5 Å². The Morgan fingerprint density at radius 1 is 1.23 bits per heavy atom. The van der Waals surface area contributed by atoms with E-state index in [1.54, 1.807) is 31.4 Å². The monoisotopic (exact) mass is 606 g/mol. The molecule has 9 nitrogen and oxygen atoms in total. The molecular formula is C24H23Cl2F3N4O5S. The molecule has 0 spiro atoms. The summed E-state index contributed by atoms with van der Waals surface area (Å²) < 4.78 is 49.4. The number of halogens is 5. The van der Waals surface area contributed by atoms with Crippen LogP contribution in [0.3, 0.4) is 0 Å². The van der Waals surface area contributed by atoms with Crippen molar-refractivity contribution in [3.8, 4) is 22.9 Å². The fraction of sp³-hybridized carbons (Fsp3) is 0.375. The maximum Gasteiger partial charge on any atom is 0.490 e. The molecule has 39 heavy (non-hydrogen) atoms. The first kappa shape index (κ1) is 29.3. The Bertz CT molecular complexity index is 1370. The number of alkyl halides is 3. The van der Waals surface area contributed by atoms with E-state index < -0.39 is 12.1 Å². The summed E-state index contributed by atoms with van der Waals surface area (Å²) in [6.45, 7) is 2.03. The highest BCUT2D eigenvalue weighted by Gasteiger charge is 2.38. The molecule has 210 valence electrons. The lowest BCUT2D eigenvalue weighted by Crippen LogP contribution is -2.48. The van der Waals surface area contributed by atoms with Crippen LogP contribution in [-0.4, -0.2) is 82.8 Å². The largest absolute Gasteiger partial charge is 0.493 e. The van der Waals surface area contributed by atoms with Gasteiger partial charge in [-0.1, -0.05) is 23.2 Å². The van der Waals surface area contributed by atoms with Gasteiger partial charge in [0.25, 0.3) is 0 Å². The van der Waals surface area contributed by atoms with Crippen LogP contribution in [0.2, 0.25) is 10.0 Å². The predicted molar refractivity (Wildman–Crippen MR) is 143 cm³/mol. The standard InChI is InChI=1S/C22H22Cl2N4O3S.C2HF3O2/c1-29-19-5-15-18(26-22(27-21(15)25)12-2-3-16(23)17(24)4-12)6-20(19)31-9-14-7-28-11-32-10-13(28)8-30-14;3-2(4,5)1(6)7/h2-6,13-14H,7-11H2,1H3,(H2,25,26,27);(H,6,7)/t13-,14?;/m1./s1. The van der Waals surface area contributed by atoms with Crippen molar-refractivity contribution in [2.75, 3.05) is 44.2 Å². The highest BCUT2D eigenvalue weighted by molar-refractivity contribution is 7.99. The Balaban J connectivity index is 0.000000448. The minimum Gasteiger partial charge on any atom is -0.493 e. The minimum absolute atomic E-state index is 0.00703. The van der Waals surface area contributed by atoms with E-state index in [4.69, 9.17) is 53.0 Å². The number of hydrogen-bond donors (Lipinski definition) is 2. The van der Waals surface area contributed by atoms with E-state index in [0.29, 0.717) is 56.7 Å². The summed E-state index contributed by atoms with van der Waals surface area (Å²) in [6, 6.07) is 9.37. The number of anilines is 1. The van der Waals surface area contributed by atoms with E-state index in [1.807, 2.05) is 17.8 Å². The summed E-state index contributed by atoms with van der Waals surface area (Å²) in [7, 11) is 1.60. The lowest BCUT2D eigenvalue weighted by molar-refractivity contribution is -0.192. The number of hydrogen-bond acceptors (Lipinski definition) is 9. The second-order valence-corrected chi connectivity index (χ2v) is 10.4. The lowest BCUT2D eigenvalue weighted by Gasteiger charge is -2.34. The summed E-state index contributed by atoms with van der Waals surface area (Å²) in [5.41, 5.74) is 7.61. The molecule has 3 aromatic rings. The number of nitrogens with two attached hydrogens (primary N) is 1. The predicted octanol–water partition coefficient (Wildman–Crippen LogP) is 4.98. The van der Waals surface area contributed by atoms with E-state index in [2.05, 4.69) is 14.9 Å². The van der Waals surface area contributed by atoms with Gasteiger partial charge in [0.05, 0.1) is 29.3 Å². The Labute approximate surface area is 235 Å². The molecule has 0 radical (unpaired) electrons. The Hall–Kier alpha value is -2.71. The zero-order valence-electron chi connectivity index (χ0n) is 20.4. The van der Waals surface area contributed by atoms with Gasteiger partial charge in [-0.25, -0.2) is 14.8 Å². The number of aromatic nitrogens is 2. The number of ether oxygens (including phenoxy) is 3. The fourth-order valence-electron chi connectivity index (χ4n) is 3.91. The van der Waals surface area contributed by atoms with Crippen molar-refractivity contribution >= 4 is 57.7 Å². The summed E-state index contributed by atoms with van der Waals surface area (Å²) in [4.78, 5) is 20.5. The molecule has 1 unspecified atom stereocenters. The van der Waals surface area contributed by atoms with Crippen LogP contribution in [-0.2, 0) is 9.53 Å². The van der Waals surface area contributed by atoms with Crippen LogP contribution in [0.1, 0.15) is 0 Å². The molecule has 0 amide bonds. The van der Waals surface area contributed by atoms with Gasteiger partial charge in [-0.05, 0) is 24.3 Å². The fourth-order valence-corrected chi connectivity index (χ4v) is 5.45. The van der Waals surface area contributed by atoms with E-state index in [-0.39, 0.29) is 6.10 Å². The number of nitrogen functional groups attached to an aromatic ring is 1. The molecule has 15 heteroatoms. The number of methoxy groups -OCH3 is 1. The zero-order valence-corrected chi connectivity index (χ0v) is 22.7. The van der Waals surface area contributed by atoms with Crippen LogP contribution in [0, 0.1) is 0 Å².